The van der Waals surface area contributed by atoms with Gasteiger partial charge in [0.15, 0.2) is 0 Å². The molecule has 1 aliphatic heterocycles. The van der Waals surface area contributed by atoms with Crippen LogP contribution in [0.1, 0.15) is 33.1 Å². The van der Waals surface area contributed by atoms with E-state index in [4.69, 9.17) is 0 Å². The van der Waals surface area contributed by atoms with Gasteiger partial charge in [0.1, 0.15) is 0 Å². The molecule has 0 aromatic heterocycles. The molecule has 0 aromatic carbocycles. The summed E-state index contributed by atoms with van der Waals surface area (Å²) in [7, 11) is 2.01. The van der Waals surface area contributed by atoms with Crippen molar-refractivity contribution >= 4 is 0 Å². The monoisotopic (exact) mass is 156 g/mol. The van der Waals surface area contributed by atoms with Crippen LogP contribution in [0.5, 0.6) is 0 Å². The first-order valence-electron chi connectivity index (χ1n) is 4.68. The van der Waals surface area contributed by atoms with Crippen molar-refractivity contribution in [3.8, 4) is 0 Å². The van der Waals surface area contributed by atoms with Crippen LogP contribution >= 0.6 is 0 Å². The number of hydrazine groups is 1. The predicted molar refractivity (Wildman–Crippen MR) is 48.3 cm³/mol. The standard InChI is InChI=1S/C9H20N2/c1-4-6-9(5-2)7-11(8-9)10-3/h10H,4-8H2,1-3H3. The lowest BCUT2D eigenvalue weighted by Gasteiger charge is -2.49. The molecule has 1 rings (SSSR count). The number of hydrogen-bond donors (Lipinski definition) is 1. The number of rotatable bonds is 4. The highest BCUT2D eigenvalue weighted by atomic mass is 15.5. The van der Waals surface area contributed by atoms with Gasteiger partial charge in [0.25, 0.3) is 0 Å². The van der Waals surface area contributed by atoms with Crippen molar-refractivity contribution in [2.75, 3.05) is 20.1 Å². The van der Waals surface area contributed by atoms with Gasteiger partial charge in [-0.05, 0) is 25.3 Å². The number of hydrogen-bond acceptors (Lipinski definition) is 2. The van der Waals surface area contributed by atoms with E-state index in [1.165, 1.54) is 32.4 Å². The van der Waals surface area contributed by atoms with E-state index < -0.39 is 0 Å². The molecule has 0 unspecified atom stereocenters. The Labute approximate surface area is 69.9 Å². The quantitative estimate of drug-likeness (QED) is 0.665. The van der Waals surface area contributed by atoms with E-state index >= 15 is 0 Å². The van der Waals surface area contributed by atoms with Gasteiger partial charge in [0.2, 0.25) is 0 Å². The van der Waals surface area contributed by atoms with Crippen LogP contribution in [0.4, 0.5) is 0 Å². The molecule has 0 bridgehead atoms. The van der Waals surface area contributed by atoms with E-state index in [-0.39, 0.29) is 0 Å². The average Bonchev–Trinajstić information content (AvgIpc) is 1.96. The maximum atomic E-state index is 3.18. The third kappa shape index (κ3) is 1.74. The van der Waals surface area contributed by atoms with Gasteiger partial charge in [0.05, 0.1) is 0 Å². The molecule has 1 heterocycles. The second-order valence-electron chi connectivity index (χ2n) is 3.68. The van der Waals surface area contributed by atoms with Crippen LogP contribution in [0.25, 0.3) is 0 Å². The third-order valence-electron chi connectivity index (χ3n) is 2.90. The highest BCUT2D eigenvalue weighted by molar-refractivity contribution is 4.91. The zero-order chi connectivity index (χ0) is 8.32. The third-order valence-corrected chi connectivity index (χ3v) is 2.90. The Balaban J connectivity index is 2.30. The second kappa shape index (κ2) is 3.55. The Kier molecular flexibility index (Phi) is 2.90. The van der Waals surface area contributed by atoms with Gasteiger partial charge in [-0.15, -0.1) is 0 Å². The Bertz CT molecular complexity index is 117. The highest BCUT2D eigenvalue weighted by Gasteiger charge is 2.39. The molecule has 0 aromatic rings. The summed E-state index contributed by atoms with van der Waals surface area (Å²) >= 11 is 0. The van der Waals surface area contributed by atoms with Crippen molar-refractivity contribution in [2.24, 2.45) is 5.41 Å². The fraction of sp³-hybridized carbons (Fsp3) is 1.00. The molecule has 11 heavy (non-hydrogen) atoms. The van der Waals surface area contributed by atoms with Gasteiger partial charge in [-0.1, -0.05) is 20.3 Å². The number of nitrogens with one attached hydrogen (secondary N) is 1. The fourth-order valence-electron chi connectivity index (χ4n) is 2.01. The first-order valence-corrected chi connectivity index (χ1v) is 4.68. The lowest BCUT2D eigenvalue weighted by Crippen LogP contribution is -2.60. The van der Waals surface area contributed by atoms with Crippen molar-refractivity contribution in [3.05, 3.63) is 0 Å². The molecule has 1 saturated heterocycles. The summed E-state index contributed by atoms with van der Waals surface area (Å²) < 4.78 is 0. The summed E-state index contributed by atoms with van der Waals surface area (Å²) in [6.45, 7) is 7.07. The molecular formula is C9H20N2. The largest absolute Gasteiger partial charge is 0.258 e. The molecule has 0 amide bonds. The van der Waals surface area contributed by atoms with Crippen LogP contribution in [0.15, 0.2) is 0 Å². The molecule has 0 saturated carbocycles. The predicted octanol–water partition coefficient (Wildman–Crippen LogP) is 1.63. The van der Waals surface area contributed by atoms with Gasteiger partial charge < -0.3 is 0 Å². The SMILES string of the molecule is CCCC1(CC)CN(NC)C1. The summed E-state index contributed by atoms with van der Waals surface area (Å²) in [6, 6.07) is 0. The van der Waals surface area contributed by atoms with E-state index in [9.17, 15) is 0 Å². The van der Waals surface area contributed by atoms with Crippen LogP contribution in [0.3, 0.4) is 0 Å². The molecule has 0 aliphatic carbocycles. The maximum Gasteiger partial charge on any atom is 0.0200 e. The first kappa shape index (κ1) is 9.01. The fourth-order valence-corrected chi connectivity index (χ4v) is 2.01. The van der Waals surface area contributed by atoms with Crippen LogP contribution in [0.2, 0.25) is 0 Å². The van der Waals surface area contributed by atoms with E-state index in [0.717, 1.165) is 0 Å². The molecule has 0 atom stereocenters. The zero-order valence-electron chi connectivity index (χ0n) is 7.98. The molecule has 2 heteroatoms. The van der Waals surface area contributed by atoms with E-state index in [2.05, 4.69) is 24.3 Å². The first-order chi connectivity index (χ1) is 5.26. The molecular weight excluding hydrogens is 136 g/mol. The summed E-state index contributed by atoms with van der Waals surface area (Å²) in [5, 5.41) is 2.29. The Morgan fingerprint density at radius 3 is 2.36 bits per heavy atom. The van der Waals surface area contributed by atoms with Gasteiger partial charge in [0, 0.05) is 13.1 Å². The van der Waals surface area contributed by atoms with Crippen LogP contribution in [0, 0.1) is 5.41 Å². The smallest absolute Gasteiger partial charge is 0.0200 e. The van der Waals surface area contributed by atoms with Crippen molar-refractivity contribution < 1.29 is 0 Å². The minimum Gasteiger partial charge on any atom is -0.258 e. The van der Waals surface area contributed by atoms with E-state index in [1.807, 2.05) is 7.05 Å². The van der Waals surface area contributed by atoms with E-state index in [0.29, 0.717) is 5.41 Å². The van der Waals surface area contributed by atoms with E-state index in [1.54, 1.807) is 0 Å². The summed E-state index contributed by atoms with van der Waals surface area (Å²) in [4.78, 5) is 0. The van der Waals surface area contributed by atoms with Crippen LogP contribution in [-0.4, -0.2) is 25.1 Å². The molecule has 0 radical (unpaired) electrons. The zero-order valence-corrected chi connectivity index (χ0v) is 7.98. The summed E-state index contributed by atoms with van der Waals surface area (Å²) in [5.74, 6) is 0. The molecule has 1 N–H and O–H groups in total. The minimum absolute atomic E-state index is 0.651. The van der Waals surface area contributed by atoms with Gasteiger partial charge >= 0.3 is 0 Å². The highest BCUT2D eigenvalue weighted by Crippen LogP contribution is 2.36. The molecule has 2 nitrogen and oxygen atoms in total. The molecule has 1 aliphatic rings. The summed E-state index contributed by atoms with van der Waals surface area (Å²) in [6.07, 6.45) is 4.05. The van der Waals surface area contributed by atoms with Crippen molar-refractivity contribution in [2.45, 2.75) is 33.1 Å². The van der Waals surface area contributed by atoms with Crippen LogP contribution in [-0.2, 0) is 0 Å². The van der Waals surface area contributed by atoms with Crippen LogP contribution < -0.4 is 5.43 Å². The van der Waals surface area contributed by atoms with Crippen molar-refractivity contribution in [3.63, 3.8) is 0 Å². The molecule has 66 valence electrons. The summed E-state index contributed by atoms with van der Waals surface area (Å²) in [5.41, 5.74) is 3.83. The van der Waals surface area contributed by atoms with Gasteiger partial charge in [-0.3, -0.25) is 5.43 Å². The number of nitrogens with zero attached hydrogens (tertiary/aromatic N) is 1. The topological polar surface area (TPSA) is 15.3 Å². The van der Waals surface area contributed by atoms with Gasteiger partial charge in [-0.2, -0.15) is 0 Å². The Morgan fingerprint density at radius 2 is 2.00 bits per heavy atom. The Morgan fingerprint density at radius 1 is 1.36 bits per heavy atom. The maximum absolute atomic E-state index is 3.18. The molecule has 0 spiro atoms. The average molecular weight is 156 g/mol. The second-order valence-corrected chi connectivity index (χ2v) is 3.68. The normalized spacial score (nSPS) is 23.2. The Hall–Kier alpha value is -0.0800. The van der Waals surface area contributed by atoms with Crippen molar-refractivity contribution in [1.82, 2.24) is 10.4 Å². The van der Waals surface area contributed by atoms with Gasteiger partial charge in [-0.25, -0.2) is 5.01 Å². The minimum atomic E-state index is 0.651. The van der Waals surface area contributed by atoms with Crippen molar-refractivity contribution in [1.29, 1.82) is 0 Å². The lowest BCUT2D eigenvalue weighted by molar-refractivity contribution is -0.0412. The lowest BCUT2D eigenvalue weighted by atomic mass is 9.75. The molecule has 1 fully saturated rings.